The molecule has 2 saturated heterocycles. The molecular formula is C48H78N14O35P6S2. The van der Waals surface area contributed by atoms with Gasteiger partial charge in [0.05, 0.1) is 39.1 Å². The third-order valence-electron chi connectivity index (χ3n) is 14.0. The summed E-state index contributed by atoms with van der Waals surface area (Å²) in [5, 5.41) is 60.7. The number of fused-ring (bicyclic) bond motifs is 2. The molecule has 0 aliphatic carbocycles. The van der Waals surface area contributed by atoms with Gasteiger partial charge in [0.15, 0.2) is 35.4 Å². The van der Waals surface area contributed by atoms with E-state index in [-0.39, 0.29) is 83.9 Å². The molecule has 2 fully saturated rings. The Hall–Kier alpha value is -5.18. The second-order valence-corrected chi connectivity index (χ2v) is 34.0. The van der Waals surface area contributed by atoms with Crippen LogP contribution in [0.2, 0.25) is 0 Å². The van der Waals surface area contributed by atoms with E-state index >= 15 is 0 Å². The molecule has 0 radical (unpaired) electrons. The van der Waals surface area contributed by atoms with Gasteiger partial charge in [0.25, 0.3) is 0 Å². The van der Waals surface area contributed by atoms with Crippen molar-refractivity contribution in [3.05, 3.63) is 38.0 Å². The number of aliphatic hydroxyl groups is 5. The van der Waals surface area contributed by atoms with E-state index in [2.05, 4.69) is 75.4 Å². The van der Waals surface area contributed by atoms with Gasteiger partial charge in [-0.05, 0) is 13.0 Å². The zero-order valence-electron chi connectivity index (χ0n) is 55.5. The zero-order chi connectivity index (χ0) is 79.0. The number of nitrogens with one attached hydrogen (secondary N) is 4. The fourth-order valence-electron chi connectivity index (χ4n) is 8.74. The van der Waals surface area contributed by atoms with E-state index in [1.807, 2.05) is 0 Å². The van der Waals surface area contributed by atoms with E-state index in [0.29, 0.717) is 5.75 Å². The molecule has 6 rings (SSSR count). The van der Waals surface area contributed by atoms with Crippen LogP contribution in [0.4, 0.5) is 11.6 Å². The molecule has 0 spiro atoms. The van der Waals surface area contributed by atoms with E-state index in [1.165, 1.54) is 34.6 Å². The minimum absolute atomic E-state index is 0.0251. The van der Waals surface area contributed by atoms with Crippen molar-refractivity contribution < 1.29 is 166 Å². The smallest absolute Gasteiger partial charge is 0.386 e. The number of carbonyl (C=O) groups is 6. The average molecular weight is 1660 g/mol. The van der Waals surface area contributed by atoms with Crippen LogP contribution in [0.3, 0.4) is 0 Å². The summed E-state index contributed by atoms with van der Waals surface area (Å²) < 4.78 is 124. The number of aromatic nitrogens is 8. The van der Waals surface area contributed by atoms with E-state index in [0.717, 1.165) is 64.0 Å². The second kappa shape index (κ2) is 38.5. The zero-order valence-corrected chi connectivity index (χ0v) is 62.5. The molecule has 4 aromatic rings. The number of hydrogen-bond donors (Lipinski definition) is 19. The van der Waals surface area contributed by atoms with E-state index < -0.39 is 180 Å². The summed E-state index contributed by atoms with van der Waals surface area (Å²) in [7, 11) is -32.8. The lowest BCUT2D eigenvalue weighted by Crippen LogP contribution is -2.46. The van der Waals surface area contributed by atoms with Gasteiger partial charge >= 0.3 is 46.9 Å². The standard InChI is InChI=1S/C24H40N7O18P3S.C24H38N7O17P3S/c1-12(32)23(37)53-7-6-26-14(33)4-5-27-21(36)18(35)24(2,3)9-46-52(43,44)49-51(41,42)45-8-13-17(48-50(38,39)40)16(34)22(47-13)31-11-30-15-19(25)28-10-29-20(15)31;1-4-15(33)52-8-7-26-14(32)5-6-27-22(36)19(35)24(2,3)10-45-51(42,43)48-50(40,41)44-9-13-18(47-49(37,38)39)17(34)23(46-13)31-12-30-16-20(25)28-11-29-21(16)31/h10-13,16-18,22,32,34-35H,4-9H2,1-3H3,(H,26,33)(H,27,36)(H,41,42)(H,43,44)(H2,25,28,29)(H2,38,39,40);4,11-13,17-19,23,34-35H,1,5-10H2,2-3H3,(H,26,32)(H,27,36)(H,40,41)(H,42,43)(H2,25,28,29)(H2,37,38,39)/t12?,13-,16-,17-,18+,22-;13-,17-,18-,19+,23-/m11/s1. The number of nitrogens with two attached hydrogens (primary N) is 2. The fourth-order valence-corrected chi connectivity index (χ4v) is 15.6. The summed E-state index contributed by atoms with van der Waals surface area (Å²) in [6, 6.07) is 0. The number of anilines is 2. The van der Waals surface area contributed by atoms with Crippen LogP contribution in [0, 0.1) is 10.8 Å². The number of phosphoric acid groups is 6. The number of aliphatic hydroxyl groups excluding tert-OH is 5. The Morgan fingerprint density at radius 2 is 0.943 bits per heavy atom. The maximum absolute atomic E-state index is 12.6. The van der Waals surface area contributed by atoms with Crippen molar-refractivity contribution in [3.8, 4) is 0 Å². The van der Waals surface area contributed by atoms with Crippen LogP contribution in [-0.2, 0) is 101 Å². The van der Waals surface area contributed by atoms with Crippen LogP contribution in [0.1, 0.15) is 59.9 Å². The lowest BCUT2D eigenvalue weighted by molar-refractivity contribution is -0.137. The van der Waals surface area contributed by atoms with Crippen LogP contribution >= 0.6 is 70.5 Å². The van der Waals surface area contributed by atoms with Crippen LogP contribution < -0.4 is 32.7 Å². The summed E-state index contributed by atoms with van der Waals surface area (Å²) >= 11 is 1.78. The van der Waals surface area contributed by atoms with Crippen molar-refractivity contribution >= 4 is 138 Å². The molecule has 2 aliphatic rings. The summed E-state index contributed by atoms with van der Waals surface area (Å²) in [5.41, 5.74) is 8.47. The van der Waals surface area contributed by atoms with Crippen molar-refractivity contribution in [3.63, 3.8) is 0 Å². The predicted octanol–water partition coefficient (Wildman–Crippen LogP) is -3.10. The number of thioether (sulfide) groups is 2. The topological polar surface area (TPSA) is 747 Å². The first-order valence-corrected chi connectivity index (χ1v) is 40.9. The number of hydrogen-bond acceptors (Lipinski definition) is 37. The Labute approximate surface area is 601 Å². The minimum Gasteiger partial charge on any atom is -0.386 e. The number of amides is 4. The highest BCUT2D eigenvalue weighted by Gasteiger charge is 2.53. The normalized spacial score (nSPS) is 22.6. The predicted molar refractivity (Wildman–Crippen MR) is 356 cm³/mol. The first kappa shape index (κ1) is 90.4. The minimum atomic E-state index is -5.57. The maximum Gasteiger partial charge on any atom is 0.481 e. The first-order valence-electron chi connectivity index (χ1n) is 29.9. The van der Waals surface area contributed by atoms with Crippen LogP contribution in [0.15, 0.2) is 38.0 Å². The number of rotatable bonds is 40. The second-order valence-electron chi connectivity index (χ2n) is 23.4. The van der Waals surface area contributed by atoms with Crippen LogP contribution in [0.25, 0.3) is 22.3 Å². The third kappa shape index (κ3) is 28.3. The third-order valence-corrected chi connectivity index (χ3v) is 22.1. The molecule has 0 saturated carbocycles. The molecule has 57 heteroatoms. The SMILES string of the molecule is C=CC(=O)SCCNC(=O)CCNC(=O)[C@H](O)C(C)(C)COP(=O)(O)OP(=O)(O)OC[C@H]1O[C@@H](n2cnc3c(N)ncnc32)[C@H](O)[C@@H]1OP(=O)(O)O.CC(O)C(=O)SCCNC(=O)CCNC(=O)[C@H](O)C(C)(C)COP(=O)(O)OP(=O)(O)OC[C@H]1O[C@@H](n2cnc3c(N)ncnc32)[C@H](O)[C@@H]1OP(=O)(O)O. The number of imidazole rings is 2. The van der Waals surface area contributed by atoms with Crippen molar-refractivity contribution in [2.24, 2.45) is 10.8 Å². The van der Waals surface area contributed by atoms with Gasteiger partial charge in [-0.25, -0.2) is 57.3 Å². The number of nitrogen functional groups attached to an aromatic ring is 2. The molecule has 0 bridgehead atoms. The summed E-state index contributed by atoms with van der Waals surface area (Å²) in [6.45, 7) is 5.38. The largest absolute Gasteiger partial charge is 0.481 e. The number of phosphoric ester groups is 6. The van der Waals surface area contributed by atoms with Gasteiger partial charge in [0.2, 0.25) is 33.9 Å². The fraction of sp³-hybridized carbons (Fsp3) is 0.625. The molecule has 5 unspecified atom stereocenters. The van der Waals surface area contributed by atoms with Gasteiger partial charge in [-0.15, -0.1) is 0 Å². The lowest BCUT2D eigenvalue weighted by Gasteiger charge is -2.30. The molecule has 49 nitrogen and oxygen atoms in total. The molecule has 6 heterocycles. The van der Waals surface area contributed by atoms with Gasteiger partial charge in [-0.2, -0.15) is 8.62 Å². The number of nitrogens with zero attached hydrogens (tertiary/aromatic N) is 8. The molecule has 2 aliphatic heterocycles. The van der Waals surface area contributed by atoms with Crippen LogP contribution in [-0.4, -0.2) is 257 Å². The Bertz CT molecular complexity index is 4020. The monoisotopic (exact) mass is 1660 g/mol. The van der Waals surface area contributed by atoms with Gasteiger partial charge < -0.3 is 107 Å². The Morgan fingerprint density at radius 1 is 0.581 bits per heavy atom. The average Bonchev–Trinajstić information content (AvgIpc) is 1.62. The molecule has 15 atom stereocenters. The van der Waals surface area contributed by atoms with Gasteiger partial charge in [-0.3, -0.25) is 65.0 Å². The first-order chi connectivity index (χ1) is 48.5. The summed E-state index contributed by atoms with van der Waals surface area (Å²) in [4.78, 5) is 173. The van der Waals surface area contributed by atoms with Gasteiger partial charge in [0, 0.05) is 61.4 Å². The van der Waals surface area contributed by atoms with Gasteiger partial charge in [-0.1, -0.05) is 57.8 Å². The van der Waals surface area contributed by atoms with E-state index in [9.17, 15) is 116 Å². The highest BCUT2D eigenvalue weighted by Crippen LogP contribution is 2.63. The lowest BCUT2D eigenvalue weighted by atomic mass is 9.87. The summed E-state index contributed by atoms with van der Waals surface area (Å²) in [6.07, 6.45) is -13.9. The molecular weight excluding hydrogens is 1580 g/mol. The highest BCUT2D eigenvalue weighted by molar-refractivity contribution is 8.14. The van der Waals surface area contributed by atoms with Crippen molar-refractivity contribution in [2.75, 3.05) is 75.6 Å². The van der Waals surface area contributed by atoms with E-state index in [1.54, 1.807) is 0 Å². The quantitative estimate of drug-likeness (QED) is 0.0119. The van der Waals surface area contributed by atoms with E-state index in [4.69, 9.17) is 44.1 Å². The molecule has 105 heavy (non-hydrogen) atoms. The molecule has 0 aromatic carbocycles. The highest BCUT2D eigenvalue weighted by atomic mass is 32.2. The Balaban J connectivity index is 0.000000377. The molecule has 4 aromatic heterocycles. The molecule has 592 valence electrons. The molecule has 4 amide bonds. The Kier molecular flexibility index (Phi) is 33.1. The Morgan fingerprint density at radius 3 is 1.30 bits per heavy atom. The van der Waals surface area contributed by atoms with Crippen molar-refractivity contribution in [1.82, 2.24) is 60.3 Å². The van der Waals surface area contributed by atoms with Crippen molar-refractivity contribution in [2.45, 2.75) is 115 Å². The number of ether oxygens (including phenoxy) is 2. The van der Waals surface area contributed by atoms with Gasteiger partial charge in [0.1, 0.15) is 78.6 Å². The maximum atomic E-state index is 12.6. The molecule has 21 N–H and O–H groups in total. The summed E-state index contributed by atoms with van der Waals surface area (Å²) in [5.74, 6) is -2.51. The van der Waals surface area contributed by atoms with Crippen LogP contribution in [0.5, 0.6) is 0 Å². The van der Waals surface area contributed by atoms with Crippen molar-refractivity contribution in [1.29, 1.82) is 0 Å². The number of carbonyl (C=O) groups excluding carboxylic acids is 6.